The Morgan fingerprint density at radius 2 is 1.47 bits per heavy atom. The van der Waals surface area contributed by atoms with E-state index in [1.54, 1.807) is 0 Å². The molecule has 1 heterocycles. The highest BCUT2D eigenvalue weighted by Crippen LogP contribution is 2.77. The van der Waals surface area contributed by atoms with Gasteiger partial charge in [0.25, 0.3) is 0 Å². The van der Waals surface area contributed by atoms with Crippen molar-refractivity contribution in [1.82, 2.24) is 4.90 Å². The molecule has 0 aromatic carbocycles. The second-order valence-corrected chi connectivity index (χ2v) is 17.6. The highest BCUT2D eigenvalue weighted by molar-refractivity contribution is 5.84. The summed E-state index contributed by atoms with van der Waals surface area (Å²) in [7, 11) is 0. The molecule has 1 saturated heterocycles. The Kier molecular flexibility index (Phi) is 8.37. The van der Waals surface area contributed by atoms with E-state index in [1.807, 2.05) is 0 Å². The van der Waals surface area contributed by atoms with Crippen molar-refractivity contribution < 1.29 is 23.9 Å². The lowest BCUT2D eigenvalue weighted by Crippen LogP contribution is -2.68. The fourth-order valence-corrected chi connectivity index (χ4v) is 13.6. The highest BCUT2D eigenvalue weighted by Gasteiger charge is 2.72. The summed E-state index contributed by atoms with van der Waals surface area (Å²) in [6, 6.07) is 0. The van der Waals surface area contributed by atoms with E-state index in [0.29, 0.717) is 42.1 Å². The molecule has 0 N–H and O–H groups in total. The Morgan fingerprint density at radius 3 is 2.11 bits per heavy atom. The van der Waals surface area contributed by atoms with E-state index in [0.717, 1.165) is 77.3 Å². The van der Waals surface area contributed by atoms with Crippen molar-refractivity contribution in [3.05, 3.63) is 12.2 Å². The third-order valence-electron chi connectivity index (χ3n) is 15.8. The molecular formula is C39H61NO5. The van der Waals surface area contributed by atoms with Gasteiger partial charge in [-0.25, -0.2) is 0 Å². The Hall–Kier alpha value is -1.85. The molecule has 0 aromatic rings. The molecule has 0 spiro atoms. The van der Waals surface area contributed by atoms with Crippen LogP contribution in [0.1, 0.15) is 132 Å². The zero-order chi connectivity index (χ0) is 32.6. The summed E-state index contributed by atoms with van der Waals surface area (Å²) in [6.45, 7) is 21.9. The first-order valence-electron chi connectivity index (χ1n) is 18.4. The second kappa shape index (κ2) is 11.4. The fraction of sp³-hybridized carbons (Fsp3) is 0.872. The number of fused-ring (bicyclic) bond motifs is 7. The number of rotatable bonds is 5. The number of piperidine rings is 1. The Morgan fingerprint density at radius 1 is 0.756 bits per heavy atom. The maximum atomic E-state index is 14.6. The molecule has 0 unspecified atom stereocenters. The summed E-state index contributed by atoms with van der Waals surface area (Å²) in [5.74, 6) is 2.14. The van der Waals surface area contributed by atoms with Crippen LogP contribution in [-0.2, 0) is 23.9 Å². The molecular weight excluding hydrogens is 562 g/mol. The number of allylic oxidation sites excluding steroid dienone is 1. The predicted molar refractivity (Wildman–Crippen MR) is 176 cm³/mol. The van der Waals surface area contributed by atoms with Gasteiger partial charge in [-0.05, 0) is 136 Å². The van der Waals surface area contributed by atoms with Crippen LogP contribution in [0, 0.1) is 56.7 Å². The zero-order valence-electron chi connectivity index (χ0n) is 29.5. The largest absolute Gasteiger partial charge is 0.465 e. The van der Waals surface area contributed by atoms with Crippen molar-refractivity contribution in [2.75, 3.05) is 19.7 Å². The number of ether oxygens (including phenoxy) is 2. The van der Waals surface area contributed by atoms with E-state index < -0.39 is 5.41 Å². The van der Waals surface area contributed by atoms with Crippen molar-refractivity contribution in [3.63, 3.8) is 0 Å². The summed E-state index contributed by atoms with van der Waals surface area (Å²) < 4.78 is 11.7. The van der Waals surface area contributed by atoms with Gasteiger partial charge in [-0.1, -0.05) is 39.8 Å². The molecule has 6 aliphatic rings. The van der Waals surface area contributed by atoms with Crippen LogP contribution in [0.25, 0.3) is 0 Å². The van der Waals surface area contributed by atoms with Gasteiger partial charge in [-0.2, -0.15) is 0 Å². The van der Waals surface area contributed by atoms with E-state index in [4.69, 9.17) is 9.47 Å². The number of hydrogen-bond donors (Lipinski definition) is 0. The number of hydrogen-bond acceptors (Lipinski definition) is 5. The first-order valence-corrected chi connectivity index (χ1v) is 18.4. The molecule has 11 atom stereocenters. The Labute approximate surface area is 272 Å². The average Bonchev–Trinajstić information content (AvgIpc) is 3.39. The normalized spacial score (nSPS) is 47.4. The summed E-state index contributed by atoms with van der Waals surface area (Å²) in [6.07, 6.45) is 14.0. The van der Waals surface area contributed by atoms with Crippen molar-refractivity contribution in [1.29, 1.82) is 0 Å². The van der Waals surface area contributed by atoms with Crippen LogP contribution in [0.15, 0.2) is 12.2 Å². The molecule has 6 rings (SSSR count). The molecule has 6 nitrogen and oxygen atoms in total. The number of esters is 2. The van der Waals surface area contributed by atoms with Gasteiger partial charge in [-0.3, -0.25) is 14.4 Å². The van der Waals surface area contributed by atoms with E-state index in [2.05, 4.69) is 46.1 Å². The lowest BCUT2D eigenvalue weighted by molar-refractivity contribution is -0.257. The summed E-state index contributed by atoms with van der Waals surface area (Å²) in [5, 5.41) is 0. The Balaban J connectivity index is 1.35. The predicted octanol–water partition coefficient (Wildman–Crippen LogP) is 8.13. The van der Waals surface area contributed by atoms with Crippen LogP contribution in [0.4, 0.5) is 0 Å². The van der Waals surface area contributed by atoms with Gasteiger partial charge < -0.3 is 14.4 Å². The van der Waals surface area contributed by atoms with Crippen LogP contribution in [0.3, 0.4) is 0 Å². The number of amides is 1. The van der Waals surface area contributed by atoms with Gasteiger partial charge in [0, 0.05) is 32.4 Å². The lowest BCUT2D eigenvalue weighted by Gasteiger charge is -2.73. The molecule has 45 heavy (non-hydrogen) atoms. The van der Waals surface area contributed by atoms with Crippen LogP contribution in [0.5, 0.6) is 0 Å². The number of carbonyl (C=O) groups is 3. The SMILES string of the molecule is C=C(C)[C@@H]1CC[C@]2(C(=O)N3CCCCC3)CC[C@]3(C)[C@H](CC[C@@H]4[C@@]5(C)CC[C@H](OC(C)=O)[C@@](C)(COC(C)=O)[C@@H]5CC[C@]43C)[C@@H]12. The van der Waals surface area contributed by atoms with Crippen LogP contribution >= 0.6 is 0 Å². The maximum Gasteiger partial charge on any atom is 0.302 e. The van der Waals surface area contributed by atoms with Gasteiger partial charge in [0.15, 0.2) is 0 Å². The van der Waals surface area contributed by atoms with E-state index >= 15 is 0 Å². The van der Waals surface area contributed by atoms with E-state index in [1.165, 1.54) is 38.7 Å². The van der Waals surface area contributed by atoms with Crippen molar-refractivity contribution in [2.45, 2.75) is 138 Å². The number of nitrogens with zero attached hydrogens (tertiary/aromatic N) is 1. The molecule has 1 amide bonds. The first-order chi connectivity index (χ1) is 21.1. The van der Waals surface area contributed by atoms with Gasteiger partial charge in [0.1, 0.15) is 12.7 Å². The topological polar surface area (TPSA) is 72.9 Å². The molecule has 0 aromatic heterocycles. The summed E-state index contributed by atoms with van der Waals surface area (Å²) in [4.78, 5) is 41.2. The van der Waals surface area contributed by atoms with Crippen LogP contribution in [0.2, 0.25) is 0 Å². The quantitative estimate of drug-likeness (QED) is 0.228. The standard InChI is InChI=1S/C39H61NO5/c1-25(2)28-14-19-39(34(43)40-22-10-9-11-23-40)21-20-37(7)29(33(28)39)12-13-31-35(5)17-16-32(45-27(4)42)36(6,24-44-26(3)41)30(35)15-18-38(31,37)8/h28-33H,1,9-24H2,2-8H3/t28-,29+,30+,31+,32-,33+,35-,36-,37+,38+,39-/m0/s1. The van der Waals surface area contributed by atoms with Crippen LogP contribution < -0.4 is 0 Å². The molecule has 0 bridgehead atoms. The van der Waals surface area contributed by atoms with Gasteiger partial charge in [0.05, 0.1) is 5.41 Å². The average molecular weight is 624 g/mol. The first kappa shape index (κ1) is 33.1. The minimum atomic E-state index is -0.414. The van der Waals surface area contributed by atoms with Gasteiger partial charge in [-0.15, -0.1) is 0 Å². The smallest absolute Gasteiger partial charge is 0.302 e. The summed E-state index contributed by atoms with van der Waals surface area (Å²) >= 11 is 0. The summed E-state index contributed by atoms with van der Waals surface area (Å²) in [5.41, 5.74) is 1.01. The van der Waals surface area contributed by atoms with Gasteiger partial charge >= 0.3 is 11.9 Å². The monoisotopic (exact) mass is 623 g/mol. The maximum absolute atomic E-state index is 14.6. The second-order valence-electron chi connectivity index (χ2n) is 17.6. The van der Waals surface area contributed by atoms with Gasteiger partial charge in [0.2, 0.25) is 5.91 Å². The van der Waals surface area contributed by atoms with Crippen LogP contribution in [-0.4, -0.2) is 48.5 Å². The van der Waals surface area contributed by atoms with Crippen molar-refractivity contribution >= 4 is 17.8 Å². The fourth-order valence-electron chi connectivity index (χ4n) is 13.6. The molecule has 252 valence electrons. The third kappa shape index (κ3) is 4.79. The molecule has 6 fully saturated rings. The molecule has 5 aliphatic carbocycles. The number of likely N-dealkylation sites (tertiary alicyclic amines) is 1. The molecule has 1 aliphatic heterocycles. The van der Waals surface area contributed by atoms with Crippen molar-refractivity contribution in [2.24, 2.45) is 56.7 Å². The molecule has 5 saturated carbocycles. The zero-order valence-corrected chi connectivity index (χ0v) is 29.5. The lowest BCUT2D eigenvalue weighted by atomic mass is 9.32. The van der Waals surface area contributed by atoms with E-state index in [9.17, 15) is 14.4 Å². The number of carbonyl (C=O) groups excluding carboxylic acids is 3. The molecule has 0 radical (unpaired) electrons. The van der Waals surface area contributed by atoms with Crippen molar-refractivity contribution in [3.8, 4) is 0 Å². The minimum Gasteiger partial charge on any atom is -0.465 e. The highest BCUT2D eigenvalue weighted by atomic mass is 16.6. The minimum absolute atomic E-state index is 0.0636. The third-order valence-corrected chi connectivity index (χ3v) is 15.8. The molecule has 6 heteroatoms. The Bertz CT molecular complexity index is 1220. The van der Waals surface area contributed by atoms with E-state index in [-0.39, 0.29) is 39.7 Å².